The van der Waals surface area contributed by atoms with Gasteiger partial charge < -0.3 is 15.2 Å². The summed E-state index contributed by atoms with van der Waals surface area (Å²) in [5.74, 6) is 3.93. The highest BCUT2D eigenvalue weighted by molar-refractivity contribution is 5.16. The smallest absolute Gasteiger partial charge is 0.0897 e. The van der Waals surface area contributed by atoms with Gasteiger partial charge in [0, 0.05) is 19.2 Å². The van der Waals surface area contributed by atoms with Crippen molar-refractivity contribution < 1.29 is 9.84 Å². The van der Waals surface area contributed by atoms with Crippen LogP contribution in [0.5, 0.6) is 0 Å². The van der Waals surface area contributed by atoms with E-state index in [-0.39, 0.29) is 6.10 Å². The summed E-state index contributed by atoms with van der Waals surface area (Å²) in [6, 6.07) is 0.724. The summed E-state index contributed by atoms with van der Waals surface area (Å²) in [7, 11) is 0. The van der Waals surface area contributed by atoms with Crippen LogP contribution in [-0.4, -0.2) is 37.0 Å². The molecule has 3 aliphatic rings. The zero-order chi connectivity index (χ0) is 12.5. The highest BCUT2D eigenvalue weighted by atomic mass is 16.5. The number of hydrogen-bond donors (Lipinski definition) is 2. The Hall–Kier alpha value is -0.120. The van der Waals surface area contributed by atoms with Gasteiger partial charge >= 0.3 is 0 Å². The van der Waals surface area contributed by atoms with Gasteiger partial charge in [-0.2, -0.15) is 0 Å². The van der Waals surface area contributed by atoms with Crippen molar-refractivity contribution in [3.8, 4) is 0 Å². The van der Waals surface area contributed by atoms with Crippen molar-refractivity contribution >= 4 is 0 Å². The molecular formula is C15H27NO2. The van der Waals surface area contributed by atoms with Crippen LogP contribution in [0, 0.1) is 23.7 Å². The molecule has 0 aromatic carbocycles. The van der Waals surface area contributed by atoms with Gasteiger partial charge in [0.15, 0.2) is 0 Å². The Balaban J connectivity index is 1.29. The van der Waals surface area contributed by atoms with Gasteiger partial charge in [0.25, 0.3) is 0 Å². The molecule has 3 aliphatic carbocycles. The fraction of sp³-hybridized carbons (Fsp3) is 1.00. The molecule has 3 fully saturated rings. The van der Waals surface area contributed by atoms with Crippen molar-refractivity contribution in [2.24, 2.45) is 23.7 Å². The number of nitrogens with one attached hydrogen (secondary N) is 1. The van der Waals surface area contributed by atoms with Crippen LogP contribution in [0.25, 0.3) is 0 Å². The predicted octanol–water partition coefficient (Wildman–Crippen LogP) is 1.80. The summed E-state index contributed by atoms with van der Waals surface area (Å²) in [6.45, 7) is 4.14. The van der Waals surface area contributed by atoms with Gasteiger partial charge in [0.1, 0.15) is 0 Å². The highest BCUT2D eigenvalue weighted by Gasteiger charge is 2.64. The molecule has 3 heteroatoms. The average Bonchev–Trinajstić information content (AvgIpc) is 2.77. The third-order valence-corrected chi connectivity index (χ3v) is 5.28. The lowest BCUT2D eigenvalue weighted by atomic mass is 10.0. The minimum atomic E-state index is -0.333. The Morgan fingerprint density at radius 1 is 1.28 bits per heavy atom. The first-order valence-corrected chi connectivity index (χ1v) is 7.80. The van der Waals surface area contributed by atoms with Crippen molar-refractivity contribution in [1.29, 1.82) is 0 Å². The molecule has 104 valence electrons. The predicted molar refractivity (Wildman–Crippen MR) is 71.3 cm³/mol. The van der Waals surface area contributed by atoms with Gasteiger partial charge in [-0.15, -0.1) is 0 Å². The molecule has 3 nitrogen and oxygen atoms in total. The quantitative estimate of drug-likeness (QED) is 0.648. The summed E-state index contributed by atoms with van der Waals surface area (Å²) >= 11 is 0. The van der Waals surface area contributed by atoms with Gasteiger partial charge in [-0.1, -0.05) is 13.3 Å². The van der Waals surface area contributed by atoms with Crippen LogP contribution in [0.2, 0.25) is 0 Å². The van der Waals surface area contributed by atoms with E-state index in [9.17, 15) is 5.11 Å². The van der Waals surface area contributed by atoms with E-state index in [2.05, 4.69) is 12.2 Å². The van der Waals surface area contributed by atoms with Crippen molar-refractivity contribution in [2.45, 2.75) is 51.2 Å². The van der Waals surface area contributed by atoms with E-state index in [1.54, 1.807) is 0 Å². The third-order valence-electron chi connectivity index (χ3n) is 5.28. The summed E-state index contributed by atoms with van der Waals surface area (Å²) in [6.07, 6.45) is 6.34. The molecule has 0 aliphatic heterocycles. The molecule has 5 atom stereocenters. The SMILES string of the molecule is CCCCOCC(O)CNC1C2C3CCC(C3)C12. The largest absolute Gasteiger partial charge is 0.389 e. The lowest BCUT2D eigenvalue weighted by molar-refractivity contribution is 0.0352. The van der Waals surface area contributed by atoms with E-state index >= 15 is 0 Å². The van der Waals surface area contributed by atoms with Gasteiger partial charge in [-0.25, -0.2) is 0 Å². The molecule has 2 bridgehead atoms. The Kier molecular flexibility index (Phi) is 3.92. The van der Waals surface area contributed by atoms with Gasteiger partial charge in [0.2, 0.25) is 0 Å². The van der Waals surface area contributed by atoms with Crippen LogP contribution >= 0.6 is 0 Å². The zero-order valence-corrected chi connectivity index (χ0v) is 11.5. The van der Waals surface area contributed by atoms with Gasteiger partial charge in [-0.3, -0.25) is 0 Å². The number of ether oxygens (including phenoxy) is 1. The second-order valence-corrected chi connectivity index (χ2v) is 6.50. The molecule has 0 saturated heterocycles. The van der Waals surface area contributed by atoms with Crippen LogP contribution in [0.4, 0.5) is 0 Å². The fourth-order valence-electron chi connectivity index (χ4n) is 4.39. The monoisotopic (exact) mass is 253 g/mol. The number of hydrogen-bond acceptors (Lipinski definition) is 3. The highest BCUT2D eigenvalue weighted by Crippen LogP contribution is 2.65. The first-order valence-electron chi connectivity index (χ1n) is 7.80. The topological polar surface area (TPSA) is 41.5 Å². The van der Waals surface area contributed by atoms with Crippen LogP contribution in [0.1, 0.15) is 39.0 Å². The van der Waals surface area contributed by atoms with Crippen molar-refractivity contribution in [3.63, 3.8) is 0 Å². The molecule has 0 radical (unpaired) electrons. The Morgan fingerprint density at radius 3 is 2.67 bits per heavy atom. The number of unbranched alkanes of at least 4 members (excludes halogenated alkanes) is 1. The molecule has 0 aromatic rings. The maximum atomic E-state index is 9.85. The minimum absolute atomic E-state index is 0.333. The van der Waals surface area contributed by atoms with E-state index in [0.717, 1.165) is 49.2 Å². The second kappa shape index (κ2) is 5.48. The molecule has 0 heterocycles. The summed E-state index contributed by atoms with van der Waals surface area (Å²) < 4.78 is 5.45. The Morgan fingerprint density at radius 2 is 2.00 bits per heavy atom. The van der Waals surface area contributed by atoms with E-state index < -0.39 is 0 Å². The molecule has 3 saturated carbocycles. The van der Waals surface area contributed by atoms with Crippen LogP contribution in [0.15, 0.2) is 0 Å². The maximum Gasteiger partial charge on any atom is 0.0897 e. The summed E-state index contributed by atoms with van der Waals surface area (Å²) in [5.41, 5.74) is 0. The summed E-state index contributed by atoms with van der Waals surface area (Å²) in [4.78, 5) is 0. The molecule has 5 unspecified atom stereocenters. The molecule has 18 heavy (non-hydrogen) atoms. The molecule has 0 spiro atoms. The average molecular weight is 253 g/mol. The first kappa shape index (κ1) is 12.9. The van der Waals surface area contributed by atoms with Crippen LogP contribution < -0.4 is 5.32 Å². The molecule has 3 rings (SSSR count). The van der Waals surface area contributed by atoms with E-state index in [1.807, 2.05) is 0 Å². The first-order chi connectivity index (χ1) is 8.81. The Labute approximate surface area is 110 Å². The molecule has 2 N–H and O–H groups in total. The van der Waals surface area contributed by atoms with Gasteiger partial charge in [0.05, 0.1) is 12.7 Å². The number of rotatable bonds is 8. The van der Waals surface area contributed by atoms with Crippen LogP contribution in [-0.2, 0) is 4.74 Å². The number of fused-ring (bicyclic) bond motifs is 5. The molecular weight excluding hydrogens is 226 g/mol. The lowest BCUT2D eigenvalue weighted by Gasteiger charge is -2.14. The van der Waals surface area contributed by atoms with Crippen molar-refractivity contribution in [3.05, 3.63) is 0 Å². The molecule has 0 amide bonds. The van der Waals surface area contributed by atoms with E-state index in [4.69, 9.17) is 4.74 Å². The number of aliphatic hydroxyl groups excluding tert-OH is 1. The van der Waals surface area contributed by atoms with Gasteiger partial charge in [-0.05, 0) is 49.4 Å². The standard InChI is InChI=1S/C15H27NO2/c1-2-3-6-18-9-12(17)8-16-15-13-10-4-5-11(7-10)14(13)15/h10-17H,2-9H2,1H3. The van der Waals surface area contributed by atoms with Crippen molar-refractivity contribution in [1.82, 2.24) is 5.32 Å². The normalized spacial score (nSPS) is 42.0. The second-order valence-electron chi connectivity index (χ2n) is 6.50. The zero-order valence-electron chi connectivity index (χ0n) is 11.5. The fourth-order valence-corrected chi connectivity index (χ4v) is 4.39. The van der Waals surface area contributed by atoms with Crippen LogP contribution in [0.3, 0.4) is 0 Å². The lowest BCUT2D eigenvalue weighted by Crippen LogP contribution is -2.34. The van der Waals surface area contributed by atoms with E-state index in [0.29, 0.717) is 13.2 Å². The van der Waals surface area contributed by atoms with E-state index in [1.165, 1.54) is 19.3 Å². The summed E-state index contributed by atoms with van der Waals surface area (Å²) in [5, 5.41) is 13.4. The minimum Gasteiger partial charge on any atom is -0.389 e. The number of aliphatic hydroxyl groups is 1. The molecule has 0 aromatic heterocycles. The van der Waals surface area contributed by atoms with Crippen molar-refractivity contribution in [2.75, 3.05) is 19.8 Å². The third kappa shape index (κ3) is 2.45. The maximum absolute atomic E-state index is 9.85. The Bertz CT molecular complexity index is 268.